The fourth-order valence-corrected chi connectivity index (χ4v) is 4.32. The summed E-state index contributed by atoms with van der Waals surface area (Å²) >= 11 is 0. The third kappa shape index (κ3) is 4.01. The van der Waals surface area contributed by atoms with Crippen LogP contribution in [0.1, 0.15) is 31.9 Å². The smallest absolute Gasteiger partial charge is 0.320 e. The monoisotopic (exact) mass is 363 g/mol. The van der Waals surface area contributed by atoms with Crippen molar-refractivity contribution >= 4 is 6.03 Å². The van der Waals surface area contributed by atoms with Gasteiger partial charge in [-0.3, -0.25) is 0 Å². The number of hydrogen-bond acceptors (Lipinski definition) is 3. The Balaban J connectivity index is 1.81. The quantitative estimate of drug-likeness (QED) is 0.894. The Morgan fingerprint density at radius 3 is 2.65 bits per heavy atom. The number of halogens is 1. The molecule has 2 heterocycles. The highest BCUT2D eigenvalue weighted by atomic mass is 19.1. The first-order chi connectivity index (χ1) is 12.2. The lowest BCUT2D eigenvalue weighted by Gasteiger charge is -2.32. The van der Waals surface area contributed by atoms with Gasteiger partial charge >= 0.3 is 6.03 Å². The van der Waals surface area contributed by atoms with Gasteiger partial charge in [-0.05, 0) is 43.9 Å². The molecule has 0 saturated carbocycles. The van der Waals surface area contributed by atoms with Crippen molar-refractivity contribution in [3.8, 4) is 0 Å². The number of hydrogen-bond donors (Lipinski definition) is 1. The van der Waals surface area contributed by atoms with Gasteiger partial charge in [-0.25, -0.2) is 9.18 Å². The average Bonchev–Trinajstić information content (AvgIpc) is 3.08. The molecule has 0 aromatic heterocycles. The van der Waals surface area contributed by atoms with Crippen LogP contribution in [0.15, 0.2) is 24.3 Å². The van der Waals surface area contributed by atoms with Crippen molar-refractivity contribution in [1.29, 1.82) is 0 Å². The van der Waals surface area contributed by atoms with Gasteiger partial charge in [0.2, 0.25) is 0 Å². The molecule has 3 rings (SSSR count). The second-order valence-electron chi connectivity index (χ2n) is 8.58. The van der Waals surface area contributed by atoms with Crippen LogP contribution in [-0.4, -0.2) is 71.7 Å². The third-order valence-corrected chi connectivity index (χ3v) is 5.60. The summed E-state index contributed by atoms with van der Waals surface area (Å²) in [6, 6.07) is 6.53. The molecule has 0 unspecified atom stereocenters. The normalized spacial score (nSPS) is 26.2. The van der Waals surface area contributed by atoms with E-state index < -0.39 is 5.60 Å². The first-order valence-electron chi connectivity index (χ1n) is 9.34. The summed E-state index contributed by atoms with van der Waals surface area (Å²) < 4.78 is 13.8. The summed E-state index contributed by atoms with van der Waals surface area (Å²) in [5, 5.41) is 9.99. The fourth-order valence-electron chi connectivity index (χ4n) is 4.32. The molecular formula is C20H30FN3O2. The molecular weight excluding hydrogens is 333 g/mol. The minimum absolute atomic E-state index is 0.0169. The topological polar surface area (TPSA) is 47.0 Å². The van der Waals surface area contributed by atoms with Crippen molar-refractivity contribution in [1.82, 2.24) is 14.7 Å². The minimum Gasteiger partial charge on any atom is -0.390 e. The van der Waals surface area contributed by atoms with E-state index in [1.165, 1.54) is 6.07 Å². The van der Waals surface area contributed by atoms with Crippen LogP contribution >= 0.6 is 0 Å². The molecule has 0 radical (unpaired) electrons. The van der Waals surface area contributed by atoms with Gasteiger partial charge < -0.3 is 19.8 Å². The molecule has 1 aromatic rings. The van der Waals surface area contributed by atoms with Gasteiger partial charge in [0.05, 0.1) is 11.6 Å². The van der Waals surface area contributed by atoms with Gasteiger partial charge in [-0.2, -0.15) is 0 Å². The molecule has 26 heavy (non-hydrogen) atoms. The number of rotatable bonds is 4. The predicted octanol–water partition coefficient (Wildman–Crippen LogP) is 2.57. The molecule has 3 atom stereocenters. The van der Waals surface area contributed by atoms with Gasteiger partial charge in [-0.1, -0.05) is 12.1 Å². The van der Waals surface area contributed by atoms with Gasteiger partial charge in [-0.15, -0.1) is 0 Å². The van der Waals surface area contributed by atoms with Crippen molar-refractivity contribution in [3.05, 3.63) is 35.6 Å². The molecule has 144 valence electrons. The molecule has 2 fully saturated rings. The molecule has 1 N–H and O–H groups in total. The van der Waals surface area contributed by atoms with Crippen molar-refractivity contribution < 1.29 is 14.3 Å². The second kappa shape index (κ2) is 7.16. The lowest BCUT2D eigenvalue weighted by molar-refractivity contribution is 0.0587. The number of carbonyl (C=O) groups is 1. The molecule has 2 amide bonds. The SMILES string of the molecule is CN(C)C(=O)N1C[C@H]2CN(CCC(C)(C)O)C[C@H]2[C@@H]1c1cccc(F)c1. The third-order valence-electron chi connectivity index (χ3n) is 5.60. The largest absolute Gasteiger partial charge is 0.390 e. The van der Waals surface area contributed by atoms with Gasteiger partial charge in [0.25, 0.3) is 0 Å². The second-order valence-corrected chi connectivity index (χ2v) is 8.58. The molecule has 0 aliphatic carbocycles. The van der Waals surface area contributed by atoms with Crippen LogP contribution in [0, 0.1) is 17.7 Å². The molecule has 1 aromatic carbocycles. The molecule has 0 bridgehead atoms. The Labute approximate surface area is 155 Å². The Kier molecular flexibility index (Phi) is 5.26. The number of likely N-dealkylation sites (tertiary alicyclic amines) is 2. The molecule has 0 spiro atoms. The fraction of sp³-hybridized carbons (Fsp3) is 0.650. The van der Waals surface area contributed by atoms with Gasteiger partial charge in [0.1, 0.15) is 5.82 Å². The van der Waals surface area contributed by atoms with Crippen LogP contribution in [0.4, 0.5) is 9.18 Å². The summed E-state index contributed by atoms with van der Waals surface area (Å²) in [5.74, 6) is 0.413. The molecule has 2 saturated heterocycles. The van der Waals surface area contributed by atoms with Crippen molar-refractivity contribution in [2.45, 2.75) is 31.9 Å². The van der Waals surface area contributed by atoms with Gasteiger partial charge in [0, 0.05) is 46.2 Å². The van der Waals surface area contributed by atoms with E-state index in [0.29, 0.717) is 18.4 Å². The summed E-state index contributed by atoms with van der Waals surface area (Å²) in [7, 11) is 3.52. The van der Waals surface area contributed by atoms with Crippen LogP contribution < -0.4 is 0 Å². The first kappa shape index (κ1) is 19.1. The number of nitrogens with zero attached hydrogens (tertiary/aromatic N) is 3. The zero-order valence-electron chi connectivity index (χ0n) is 16.2. The number of urea groups is 1. The number of amides is 2. The maximum absolute atomic E-state index is 13.8. The van der Waals surface area contributed by atoms with E-state index in [0.717, 1.165) is 31.6 Å². The Morgan fingerprint density at radius 1 is 1.31 bits per heavy atom. The predicted molar refractivity (Wildman–Crippen MR) is 99.3 cm³/mol. The van der Waals surface area contributed by atoms with E-state index in [4.69, 9.17) is 0 Å². The summed E-state index contributed by atoms with van der Waals surface area (Å²) in [6.45, 7) is 6.99. The van der Waals surface area contributed by atoms with E-state index >= 15 is 0 Å². The zero-order chi connectivity index (χ0) is 19.1. The lowest BCUT2D eigenvalue weighted by atomic mass is 9.89. The number of aliphatic hydroxyl groups is 1. The van der Waals surface area contributed by atoms with E-state index in [2.05, 4.69) is 4.90 Å². The maximum Gasteiger partial charge on any atom is 0.320 e. The number of carbonyl (C=O) groups excluding carboxylic acids is 1. The standard InChI is InChI=1S/C20H30FN3O2/c1-20(2,26)8-9-23-11-15-12-24(19(25)22(3)4)18(17(15)13-23)14-6-5-7-16(21)10-14/h5-7,10,15,17-18,26H,8-9,11-13H2,1-4H3/t15-,17-,18+/m1/s1. The highest BCUT2D eigenvalue weighted by Crippen LogP contribution is 2.45. The van der Waals surface area contributed by atoms with Crippen LogP contribution in [-0.2, 0) is 0 Å². The first-order valence-corrected chi connectivity index (χ1v) is 9.34. The van der Waals surface area contributed by atoms with Gasteiger partial charge in [0.15, 0.2) is 0 Å². The highest BCUT2D eigenvalue weighted by molar-refractivity contribution is 5.75. The number of benzene rings is 1. The zero-order valence-corrected chi connectivity index (χ0v) is 16.2. The maximum atomic E-state index is 13.8. The molecule has 5 nitrogen and oxygen atoms in total. The summed E-state index contributed by atoms with van der Waals surface area (Å²) in [4.78, 5) is 18.6. The van der Waals surface area contributed by atoms with Crippen LogP contribution in [0.25, 0.3) is 0 Å². The summed E-state index contributed by atoms with van der Waals surface area (Å²) in [6.07, 6.45) is 0.720. The van der Waals surface area contributed by atoms with Crippen molar-refractivity contribution in [2.75, 3.05) is 40.3 Å². The number of fused-ring (bicyclic) bond motifs is 1. The van der Waals surface area contributed by atoms with E-state index in [1.807, 2.05) is 24.8 Å². The average molecular weight is 363 g/mol. The van der Waals surface area contributed by atoms with Crippen LogP contribution in [0.2, 0.25) is 0 Å². The van der Waals surface area contributed by atoms with Crippen molar-refractivity contribution in [2.24, 2.45) is 11.8 Å². The van der Waals surface area contributed by atoms with E-state index in [9.17, 15) is 14.3 Å². The molecule has 2 aliphatic rings. The Morgan fingerprint density at radius 2 is 2.04 bits per heavy atom. The lowest BCUT2D eigenvalue weighted by Crippen LogP contribution is -2.41. The Hall–Kier alpha value is -1.66. The van der Waals surface area contributed by atoms with E-state index in [1.54, 1.807) is 31.1 Å². The summed E-state index contributed by atoms with van der Waals surface area (Å²) in [5.41, 5.74) is 0.198. The minimum atomic E-state index is -0.674. The highest BCUT2D eigenvalue weighted by Gasteiger charge is 2.49. The van der Waals surface area contributed by atoms with Crippen LogP contribution in [0.3, 0.4) is 0 Å². The van der Waals surface area contributed by atoms with E-state index in [-0.39, 0.29) is 17.9 Å². The molecule has 6 heteroatoms. The molecule has 2 aliphatic heterocycles. The van der Waals surface area contributed by atoms with Crippen LogP contribution in [0.5, 0.6) is 0 Å². The Bertz CT molecular complexity index is 659. The van der Waals surface area contributed by atoms with Crippen molar-refractivity contribution in [3.63, 3.8) is 0 Å².